The number of carboxylic acid groups (broad SMARTS) is 1. The Balaban J connectivity index is 0.000000532. The van der Waals surface area contributed by atoms with Crippen LogP contribution in [0.15, 0.2) is 24.3 Å². The van der Waals surface area contributed by atoms with E-state index in [1.54, 1.807) is 30.6 Å². The molecule has 4 rings (SSSR count). The van der Waals surface area contributed by atoms with Crippen LogP contribution in [0.25, 0.3) is 0 Å². The molecule has 2 heterocycles. The van der Waals surface area contributed by atoms with Gasteiger partial charge >= 0.3 is 12.1 Å². The monoisotopic (exact) mass is 572 g/mol. The Labute approximate surface area is 229 Å². The number of amides is 3. The van der Waals surface area contributed by atoms with E-state index in [4.69, 9.17) is 9.90 Å². The molecule has 1 aliphatic carbocycles. The highest BCUT2D eigenvalue weighted by atomic mass is 32.2. The molecule has 2 aliphatic heterocycles. The molecule has 0 bridgehead atoms. The number of carbonyl (C=O) groups is 4. The number of hydrogen-bond donors (Lipinski definition) is 4. The molecule has 0 spiro atoms. The standard InChI is InChI=1S/C24H34N4O3S.C2HF3O2/c1-15(25-2)22(29)27-19-13-14-32-21-12-6-11-20(28(21)24(19)31)23(30)26-18-10-5-8-16-7-3-4-9-17(16)18;3-2(4,5)1(6)7/h3-4,7,9,15,18-21,25H,5-6,8,10-14H2,1-2H3,(H,26,30)(H,27,29);(H,6,7)/t15-,18+,19-,20?,21?;/m0./s1. The van der Waals surface area contributed by atoms with Crippen molar-refractivity contribution in [2.45, 2.75) is 87.6 Å². The average molecular weight is 573 g/mol. The minimum atomic E-state index is -5.08. The van der Waals surface area contributed by atoms with Crippen molar-refractivity contribution in [1.82, 2.24) is 20.9 Å². The van der Waals surface area contributed by atoms with Gasteiger partial charge in [-0.3, -0.25) is 14.4 Å². The summed E-state index contributed by atoms with van der Waals surface area (Å²) in [5, 5.41) is 16.2. The predicted octanol–water partition coefficient (Wildman–Crippen LogP) is 2.75. The summed E-state index contributed by atoms with van der Waals surface area (Å²) >= 11 is 1.73. The van der Waals surface area contributed by atoms with Crippen molar-refractivity contribution in [1.29, 1.82) is 0 Å². The van der Waals surface area contributed by atoms with E-state index in [1.807, 2.05) is 12.1 Å². The third kappa shape index (κ3) is 7.87. The van der Waals surface area contributed by atoms with Crippen LogP contribution < -0.4 is 16.0 Å². The number of alkyl halides is 3. The molecule has 1 aromatic carbocycles. The number of thioether (sulfide) groups is 1. The van der Waals surface area contributed by atoms with Crippen molar-refractivity contribution in [2.75, 3.05) is 12.8 Å². The number of piperidine rings is 1. The Hall–Kier alpha value is -2.80. The first-order valence-corrected chi connectivity index (χ1v) is 14.1. The zero-order valence-electron chi connectivity index (χ0n) is 21.9. The molecule has 4 N–H and O–H groups in total. The van der Waals surface area contributed by atoms with Crippen LogP contribution in [0.2, 0.25) is 0 Å². The highest BCUT2D eigenvalue weighted by Crippen LogP contribution is 2.35. The first-order valence-electron chi connectivity index (χ1n) is 13.0. The Bertz CT molecular complexity index is 1060. The van der Waals surface area contributed by atoms with E-state index in [0.29, 0.717) is 12.8 Å². The number of halogens is 3. The Morgan fingerprint density at radius 2 is 1.74 bits per heavy atom. The SMILES string of the molecule is CN[C@@H](C)C(=O)N[C@H]1CCSC2CCCC(C(=O)N[C@@H]3CCCc4ccccc43)N2C1=O.O=C(O)C(F)(F)F. The maximum atomic E-state index is 13.5. The van der Waals surface area contributed by atoms with Crippen LogP contribution in [0, 0.1) is 0 Å². The lowest BCUT2D eigenvalue weighted by atomic mass is 9.87. The zero-order chi connectivity index (χ0) is 28.7. The van der Waals surface area contributed by atoms with E-state index in [9.17, 15) is 27.6 Å². The van der Waals surface area contributed by atoms with E-state index in [0.717, 1.165) is 37.9 Å². The number of nitrogens with one attached hydrogen (secondary N) is 3. The predicted molar refractivity (Wildman–Crippen MR) is 140 cm³/mol. The number of fused-ring (bicyclic) bond motifs is 2. The fraction of sp³-hybridized carbons (Fsp3) is 0.615. The quantitative estimate of drug-likeness (QED) is 0.427. The van der Waals surface area contributed by atoms with E-state index < -0.39 is 24.2 Å². The highest BCUT2D eigenvalue weighted by Gasteiger charge is 2.43. The molecule has 216 valence electrons. The first-order chi connectivity index (χ1) is 18.4. The molecule has 9 nitrogen and oxygen atoms in total. The van der Waals surface area contributed by atoms with E-state index in [-0.39, 0.29) is 35.2 Å². The molecule has 0 radical (unpaired) electrons. The van der Waals surface area contributed by atoms with Gasteiger partial charge in [0, 0.05) is 0 Å². The number of nitrogens with zero attached hydrogens (tertiary/aromatic N) is 1. The highest BCUT2D eigenvalue weighted by molar-refractivity contribution is 7.99. The van der Waals surface area contributed by atoms with Crippen molar-refractivity contribution in [3.8, 4) is 0 Å². The van der Waals surface area contributed by atoms with Crippen LogP contribution in [-0.4, -0.2) is 76.2 Å². The largest absolute Gasteiger partial charge is 0.490 e. The van der Waals surface area contributed by atoms with Crippen molar-refractivity contribution in [3.63, 3.8) is 0 Å². The Kier molecular flexibility index (Phi) is 10.6. The molecule has 2 unspecified atom stereocenters. The third-order valence-electron chi connectivity index (χ3n) is 7.22. The molecule has 2 fully saturated rings. The van der Waals surface area contributed by atoms with Crippen LogP contribution in [0.5, 0.6) is 0 Å². The second kappa shape index (κ2) is 13.5. The summed E-state index contributed by atoms with van der Waals surface area (Å²) < 4.78 is 31.7. The zero-order valence-corrected chi connectivity index (χ0v) is 22.7. The van der Waals surface area contributed by atoms with Gasteiger partial charge in [-0.1, -0.05) is 24.3 Å². The number of hydrogen-bond acceptors (Lipinski definition) is 6. The average Bonchev–Trinajstić information content (AvgIpc) is 3.06. The number of rotatable bonds is 5. The van der Waals surface area contributed by atoms with Crippen LogP contribution >= 0.6 is 11.8 Å². The molecule has 13 heteroatoms. The summed E-state index contributed by atoms with van der Waals surface area (Å²) in [6, 6.07) is 6.86. The summed E-state index contributed by atoms with van der Waals surface area (Å²) in [6.07, 6.45) is 0.990. The normalized spacial score (nSPS) is 25.6. The van der Waals surface area contributed by atoms with E-state index >= 15 is 0 Å². The molecule has 3 amide bonds. The first kappa shape index (κ1) is 30.7. The molecular weight excluding hydrogens is 537 g/mol. The van der Waals surface area contributed by atoms with Crippen LogP contribution in [-0.2, 0) is 25.6 Å². The van der Waals surface area contributed by atoms with Gasteiger partial charge in [0.25, 0.3) is 0 Å². The number of benzene rings is 1. The Morgan fingerprint density at radius 1 is 1.05 bits per heavy atom. The van der Waals surface area contributed by atoms with Crippen molar-refractivity contribution in [3.05, 3.63) is 35.4 Å². The minimum absolute atomic E-state index is 0.00506. The fourth-order valence-electron chi connectivity index (χ4n) is 5.04. The molecule has 5 atom stereocenters. The molecule has 1 aromatic rings. The number of carbonyl (C=O) groups excluding carboxylic acids is 3. The number of carboxylic acids is 1. The molecule has 3 aliphatic rings. The second-order valence-corrected chi connectivity index (χ2v) is 11.1. The van der Waals surface area contributed by atoms with Gasteiger partial charge in [0.1, 0.15) is 12.1 Å². The van der Waals surface area contributed by atoms with Crippen molar-refractivity contribution < 1.29 is 37.5 Å². The summed E-state index contributed by atoms with van der Waals surface area (Å²) in [5.74, 6) is -2.35. The third-order valence-corrected chi connectivity index (χ3v) is 8.54. The number of likely N-dealkylation sites (N-methyl/N-ethyl adjacent to an activating group) is 1. The Morgan fingerprint density at radius 3 is 2.41 bits per heavy atom. The van der Waals surface area contributed by atoms with E-state index in [1.165, 1.54) is 11.1 Å². The molecule has 0 aromatic heterocycles. The van der Waals surface area contributed by atoms with E-state index in [2.05, 4.69) is 28.1 Å². The van der Waals surface area contributed by atoms with Crippen molar-refractivity contribution in [2.24, 2.45) is 0 Å². The topological polar surface area (TPSA) is 128 Å². The van der Waals surface area contributed by atoms with Crippen molar-refractivity contribution >= 4 is 35.5 Å². The number of aliphatic carboxylic acids is 1. The van der Waals surface area contributed by atoms with Gasteiger partial charge in [0.15, 0.2) is 0 Å². The molecule has 39 heavy (non-hydrogen) atoms. The van der Waals surface area contributed by atoms with Crippen LogP contribution in [0.3, 0.4) is 0 Å². The minimum Gasteiger partial charge on any atom is -0.475 e. The summed E-state index contributed by atoms with van der Waals surface area (Å²) in [7, 11) is 1.72. The summed E-state index contributed by atoms with van der Waals surface area (Å²) in [4.78, 5) is 50.1. The van der Waals surface area contributed by atoms with Gasteiger partial charge in [-0.2, -0.15) is 13.2 Å². The lowest BCUT2D eigenvalue weighted by molar-refractivity contribution is -0.192. The van der Waals surface area contributed by atoms with Gasteiger partial charge in [0.05, 0.1) is 17.5 Å². The number of aryl methyl sites for hydroxylation is 1. The second-order valence-electron chi connectivity index (χ2n) is 9.83. The van der Waals surface area contributed by atoms with Gasteiger partial charge in [-0.05, 0) is 75.8 Å². The van der Waals surface area contributed by atoms with Gasteiger partial charge in [-0.25, -0.2) is 4.79 Å². The summed E-state index contributed by atoms with van der Waals surface area (Å²) in [6.45, 7) is 1.77. The molecule has 2 saturated heterocycles. The smallest absolute Gasteiger partial charge is 0.475 e. The van der Waals surface area contributed by atoms with Crippen LogP contribution in [0.1, 0.15) is 62.6 Å². The van der Waals surface area contributed by atoms with Gasteiger partial charge < -0.3 is 26.0 Å². The lowest BCUT2D eigenvalue weighted by Gasteiger charge is -2.41. The maximum absolute atomic E-state index is 13.5. The fourth-order valence-corrected chi connectivity index (χ4v) is 6.43. The molecular formula is C26H35F3N4O5S. The maximum Gasteiger partial charge on any atom is 0.490 e. The van der Waals surface area contributed by atoms with Crippen LogP contribution in [0.4, 0.5) is 13.2 Å². The molecule has 0 saturated carbocycles. The van der Waals surface area contributed by atoms with Gasteiger partial charge in [0.2, 0.25) is 17.7 Å². The van der Waals surface area contributed by atoms with Gasteiger partial charge in [-0.15, -0.1) is 11.8 Å². The summed E-state index contributed by atoms with van der Waals surface area (Å²) in [5.41, 5.74) is 2.50. The lowest BCUT2D eigenvalue weighted by Crippen LogP contribution is -2.60.